The Bertz CT molecular complexity index is 1350. The van der Waals surface area contributed by atoms with Crippen LogP contribution < -0.4 is 5.32 Å². The van der Waals surface area contributed by atoms with Crippen LogP contribution in [0.25, 0.3) is 22.5 Å². The second-order valence-electron chi connectivity index (χ2n) is 8.77. The van der Waals surface area contributed by atoms with Crippen LogP contribution in [-0.2, 0) is 4.79 Å². The molecule has 0 aliphatic carbocycles. The first-order valence-electron chi connectivity index (χ1n) is 11.9. The highest BCUT2D eigenvalue weighted by molar-refractivity contribution is 5.96. The van der Waals surface area contributed by atoms with Crippen molar-refractivity contribution in [2.75, 3.05) is 19.6 Å². The number of amides is 2. The highest BCUT2D eigenvalue weighted by Crippen LogP contribution is 2.28. The third-order valence-corrected chi connectivity index (χ3v) is 6.30. The second-order valence-corrected chi connectivity index (χ2v) is 8.77. The molecule has 2 amide bonds. The molecule has 1 unspecified atom stereocenters. The molecule has 7 nitrogen and oxygen atoms in total. The lowest BCUT2D eigenvalue weighted by molar-refractivity contribution is -0.131. The quantitative estimate of drug-likeness (QED) is 0.429. The first-order chi connectivity index (χ1) is 17.6. The first-order valence-corrected chi connectivity index (χ1v) is 11.9. The number of hydrogen-bond donors (Lipinski definition) is 1. The summed E-state index contributed by atoms with van der Waals surface area (Å²) in [6, 6.07) is 23.2. The van der Waals surface area contributed by atoms with Crippen molar-refractivity contribution in [1.82, 2.24) is 20.4 Å². The molecular formula is C28H25FN4O3. The smallest absolute Gasteiger partial charge is 0.251 e. The summed E-state index contributed by atoms with van der Waals surface area (Å²) in [7, 11) is 0. The lowest BCUT2D eigenvalue weighted by atomic mass is 9.98. The number of benzene rings is 3. The Morgan fingerprint density at radius 3 is 2.50 bits per heavy atom. The Hall–Kier alpha value is -4.33. The van der Waals surface area contributed by atoms with Crippen LogP contribution in [-0.4, -0.2) is 46.5 Å². The predicted molar refractivity (Wildman–Crippen MR) is 132 cm³/mol. The molecule has 8 heteroatoms. The number of rotatable bonds is 6. The van der Waals surface area contributed by atoms with Crippen molar-refractivity contribution in [3.05, 3.63) is 96.1 Å². The molecule has 182 valence electrons. The number of hydrogen-bond acceptors (Lipinski definition) is 5. The van der Waals surface area contributed by atoms with Gasteiger partial charge in [0.2, 0.25) is 17.6 Å². The highest BCUT2D eigenvalue weighted by Gasteiger charge is 2.29. The van der Waals surface area contributed by atoms with Gasteiger partial charge in [0, 0.05) is 24.2 Å². The van der Waals surface area contributed by atoms with E-state index in [0.29, 0.717) is 35.9 Å². The molecule has 1 N–H and O–H groups in total. The van der Waals surface area contributed by atoms with Crippen LogP contribution >= 0.6 is 0 Å². The molecule has 0 saturated carbocycles. The maximum Gasteiger partial charge on any atom is 0.251 e. The van der Waals surface area contributed by atoms with E-state index in [4.69, 9.17) is 4.52 Å². The predicted octanol–water partition coefficient (Wildman–Crippen LogP) is 4.68. The van der Waals surface area contributed by atoms with Crippen molar-refractivity contribution in [1.29, 1.82) is 0 Å². The Morgan fingerprint density at radius 1 is 0.972 bits per heavy atom. The Labute approximate surface area is 207 Å². The molecule has 0 radical (unpaired) electrons. The zero-order valence-electron chi connectivity index (χ0n) is 19.6. The topological polar surface area (TPSA) is 88.3 Å². The molecule has 1 atom stereocenters. The maximum atomic E-state index is 13.5. The number of carbonyl (C=O) groups excluding carboxylic acids is 2. The third kappa shape index (κ3) is 5.33. The molecule has 0 spiro atoms. The van der Waals surface area contributed by atoms with E-state index in [9.17, 15) is 14.0 Å². The monoisotopic (exact) mass is 484 g/mol. The normalized spacial score (nSPS) is 15.5. The number of likely N-dealkylation sites (tertiary alicyclic amines) is 1. The standard InChI is InChI=1S/C28H25FN4O3/c29-24-10-4-8-22(16-24)26-31-28(36-32-26)23-9-5-15-33(18-23)25(34)17-30-27(35)21-13-11-20(12-14-21)19-6-2-1-3-7-19/h1-4,6-8,10-14,16,23H,5,9,15,17-18H2,(H,30,35). The van der Waals surface area contributed by atoms with E-state index in [0.717, 1.165) is 24.0 Å². The minimum absolute atomic E-state index is 0.0929. The number of aromatic nitrogens is 2. The third-order valence-electron chi connectivity index (χ3n) is 6.30. The lowest BCUT2D eigenvalue weighted by Crippen LogP contribution is -2.44. The van der Waals surface area contributed by atoms with Gasteiger partial charge in [0.1, 0.15) is 5.82 Å². The summed E-state index contributed by atoms with van der Waals surface area (Å²) >= 11 is 0. The average Bonchev–Trinajstić information content (AvgIpc) is 3.43. The fourth-order valence-electron chi connectivity index (χ4n) is 4.37. The average molecular weight is 485 g/mol. The van der Waals surface area contributed by atoms with E-state index in [2.05, 4.69) is 15.5 Å². The number of carbonyl (C=O) groups is 2. The summed E-state index contributed by atoms with van der Waals surface area (Å²) in [6.07, 6.45) is 1.58. The molecule has 5 rings (SSSR count). The van der Waals surface area contributed by atoms with Crippen LogP contribution in [0.15, 0.2) is 83.4 Å². The van der Waals surface area contributed by atoms with Gasteiger partial charge in [-0.25, -0.2) is 4.39 Å². The maximum absolute atomic E-state index is 13.5. The van der Waals surface area contributed by atoms with E-state index in [1.807, 2.05) is 42.5 Å². The number of nitrogens with one attached hydrogen (secondary N) is 1. The van der Waals surface area contributed by atoms with Gasteiger partial charge in [-0.2, -0.15) is 4.98 Å². The van der Waals surface area contributed by atoms with Gasteiger partial charge in [-0.05, 0) is 48.2 Å². The summed E-state index contributed by atoms with van der Waals surface area (Å²) < 4.78 is 19.0. The largest absolute Gasteiger partial charge is 0.343 e. The minimum Gasteiger partial charge on any atom is -0.343 e. The molecule has 36 heavy (non-hydrogen) atoms. The fraction of sp³-hybridized carbons (Fsp3) is 0.214. The molecular weight excluding hydrogens is 459 g/mol. The summed E-state index contributed by atoms with van der Waals surface area (Å²) in [5.41, 5.74) is 3.12. The molecule has 1 aliphatic heterocycles. The zero-order valence-corrected chi connectivity index (χ0v) is 19.6. The minimum atomic E-state index is -0.373. The first kappa shape index (κ1) is 23.4. The van der Waals surface area contributed by atoms with Crippen molar-refractivity contribution >= 4 is 11.8 Å². The number of halogens is 1. The van der Waals surface area contributed by atoms with Crippen LogP contribution in [0.3, 0.4) is 0 Å². The van der Waals surface area contributed by atoms with Gasteiger partial charge in [0.15, 0.2) is 0 Å². The van der Waals surface area contributed by atoms with E-state index in [1.54, 1.807) is 29.2 Å². The van der Waals surface area contributed by atoms with Crippen molar-refractivity contribution in [2.45, 2.75) is 18.8 Å². The zero-order chi connectivity index (χ0) is 24.9. The van der Waals surface area contributed by atoms with Crippen LogP contribution in [0.2, 0.25) is 0 Å². The summed E-state index contributed by atoms with van der Waals surface area (Å²) in [5.74, 6) is -0.207. The van der Waals surface area contributed by atoms with Gasteiger partial charge in [-0.1, -0.05) is 59.8 Å². The summed E-state index contributed by atoms with van der Waals surface area (Å²) in [6.45, 7) is 0.928. The van der Waals surface area contributed by atoms with Crippen LogP contribution in [0.5, 0.6) is 0 Å². The highest BCUT2D eigenvalue weighted by atomic mass is 19.1. The summed E-state index contributed by atoms with van der Waals surface area (Å²) in [5, 5.41) is 6.70. The molecule has 0 bridgehead atoms. The number of nitrogens with zero attached hydrogens (tertiary/aromatic N) is 3. The fourth-order valence-corrected chi connectivity index (χ4v) is 4.37. The van der Waals surface area contributed by atoms with E-state index < -0.39 is 0 Å². The van der Waals surface area contributed by atoms with E-state index in [1.165, 1.54) is 12.1 Å². The number of piperidine rings is 1. The van der Waals surface area contributed by atoms with Gasteiger partial charge in [0.25, 0.3) is 5.91 Å². The Kier molecular flexibility index (Phi) is 6.84. The van der Waals surface area contributed by atoms with Gasteiger partial charge < -0.3 is 14.7 Å². The van der Waals surface area contributed by atoms with Crippen LogP contribution in [0, 0.1) is 5.82 Å². The molecule has 2 heterocycles. The van der Waals surface area contributed by atoms with Crippen molar-refractivity contribution in [3.63, 3.8) is 0 Å². The van der Waals surface area contributed by atoms with E-state index in [-0.39, 0.29) is 30.1 Å². The van der Waals surface area contributed by atoms with Gasteiger partial charge in [0.05, 0.1) is 12.5 Å². The van der Waals surface area contributed by atoms with Crippen molar-refractivity contribution < 1.29 is 18.5 Å². The van der Waals surface area contributed by atoms with Gasteiger partial charge >= 0.3 is 0 Å². The molecule has 1 aromatic heterocycles. The van der Waals surface area contributed by atoms with Crippen molar-refractivity contribution in [2.24, 2.45) is 0 Å². The molecule has 1 saturated heterocycles. The SMILES string of the molecule is O=C(NCC(=O)N1CCCC(c2nc(-c3cccc(F)c3)no2)C1)c1ccc(-c2ccccc2)cc1. The molecule has 1 aliphatic rings. The molecule has 1 fully saturated rings. The van der Waals surface area contributed by atoms with Crippen LogP contribution in [0.4, 0.5) is 4.39 Å². The van der Waals surface area contributed by atoms with Crippen molar-refractivity contribution in [3.8, 4) is 22.5 Å². The lowest BCUT2D eigenvalue weighted by Gasteiger charge is -2.31. The second kappa shape index (κ2) is 10.5. The summed E-state index contributed by atoms with van der Waals surface area (Å²) in [4.78, 5) is 31.5. The van der Waals surface area contributed by atoms with Gasteiger partial charge in [-0.15, -0.1) is 0 Å². The van der Waals surface area contributed by atoms with E-state index >= 15 is 0 Å². The molecule has 3 aromatic carbocycles. The van der Waals surface area contributed by atoms with Gasteiger partial charge in [-0.3, -0.25) is 9.59 Å². The molecule has 4 aromatic rings. The Morgan fingerprint density at radius 2 is 1.72 bits per heavy atom. The Balaban J connectivity index is 1.16. The van der Waals surface area contributed by atoms with Crippen LogP contribution in [0.1, 0.15) is 35.0 Å².